The first-order valence-electron chi connectivity index (χ1n) is 9.03. The van der Waals surface area contributed by atoms with Gasteiger partial charge in [0.25, 0.3) is 0 Å². The van der Waals surface area contributed by atoms with Gasteiger partial charge in [0.05, 0.1) is 11.2 Å². The lowest BCUT2D eigenvalue weighted by atomic mass is 9.79. The van der Waals surface area contributed by atoms with Crippen molar-refractivity contribution in [3.05, 3.63) is 54.1 Å². The van der Waals surface area contributed by atoms with Crippen LogP contribution in [0, 0.1) is 0 Å². The number of hydrogen-bond acceptors (Lipinski definition) is 3. The van der Waals surface area contributed by atoms with Gasteiger partial charge < -0.3 is 14.0 Å². The maximum absolute atomic E-state index is 6.09. The van der Waals surface area contributed by atoms with E-state index in [1.54, 1.807) is 0 Å². The van der Waals surface area contributed by atoms with Crippen molar-refractivity contribution >= 4 is 12.6 Å². The number of hydrogen-bond donors (Lipinski definition) is 0. The molecule has 0 radical (unpaired) electrons. The van der Waals surface area contributed by atoms with Gasteiger partial charge in [0.15, 0.2) is 0 Å². The van der Waals surface area contributed by atoms with E-state index in [1.807, 2.05) is 36.4 Å². The zero-order chi connectivity index (χ0) is 18.1. The Bertz CT molecular complexity index is 706. The fourth-order valence-corrected chi connectivity index (χ4v) is 2.86. The van der Waals surface area contributed by atoms with Crippen LogP contribution in [0.4, 0.5) is 0 Å². The Morgan fingerprint density at radius 2 is 1.52 bits per heavy atom. The second-order valence-electron chi connectivity index (χ2n) is 7.66. The van der Waals surface area contributed by atoms with E-state index >= 15 is 0 Å². The molecule has 1 heterocycles. The summed E-state index contributed by atoms with van der Waals surface area (Å²) in [5, 5.41) is 0. The monoisotopic (exact) mass is 338 g/mol. The first-order valence-corrected chi connectivity index (χ1v) is 9.03. The molecule has 0 amide bonds. The fourth-order valence-electron chi connectivity index (χ4n) is 2.86. The molecule has 3 rings (SSSR count). The van der Waals surface area contributed by atoms with Gasteiger partial charge in [0.2, 0.25) is 0 Å². The largest absolute Gasteiger partial charge is 0.494 e. The predicted molar refractivity (Wildman–Crippen MR) is 103 cm³/mol. The zero-order valence-corrected chi connectivity index (χ0v) is 15.8. The van der Waals surface area contributed by atoms with Crippen molar-refractivity contribution in [2.45, 2.75) is 58.7 Å². The summed E-state index contributed by atoms with van der Waals surface area (Å²) in [6.07, 6.45) is 2.20. The SMILES string of the molecule is CCCc1cccc(Oc2ccc(B3OC(C)(C)C(C)(C)O3)cc2)c1. The summed E-state index contributed by atoms with van der Waals surface area (Å²) in [6.45, 7) is 10.4. The molecule has 4 heteroatoms. The zero-order valence-electron chi connectivity index (χ0n) is 15.8. The summed E-state index contributed by atoms with van der Waals surface area (Å²) >= 11 is 0. The molecule has 0 bridgehead atoms. The van der Waals surface area contributed by atoms with Crippen LogP contribution in [0.15, 0.2) is 48.5 Å². The van der Waals surface area contributed by atoms with Gasteiger partial charge in [-0.1, -0.05) is 37.6 Å². The molecular weight excluding hydrogens is 311 g/mol. The van der Waals surface area contributed by atoms with Gasteiger partial charge in [0.1, 0.15) is 11.5 Å². The van der Waals surface area contributed by atoms with E-state index in [9.17, 15) is 0 Å². The lowest BCUT2D eigenvalue weighted by Crippen LogP contribution is -2.41. The Labute approximate surface area is 151 Å². The Morgan fingerprint density at radius 1 is 0.880 bits per heavy atom. The van der Waals surface area contributed by atoms with Crippen LogP contribution in [0.1, 0.15) is 46.6 Å². The lowest BCUT2D eigenvalue weighted by molar-refractivity contribution is 0.00578. The molecule has 0 spiro atoms. The number of benzene rings is 2. The van der Waals surface area contributed by atoms with Crippen LogP contribution in [0.25, 0.3) is 0 Å². The van der Waals surface area contributed by atoms with Crippen molar-refractivity contribution in [3.63, 3.8) is 0 Å². The molecule has 0 atom stereocenters. The molecule has 0 aromatic heterocycles. The summed E-state index contributed by atoms with van der Waals surface area (Å²) in [4.78, 5) is 0. The van der Waals surface area contributed by atoms with E-state index in [0.717, 1.165) is 29.8 Å². The molecule has 1 fully saturated rings. The Hall–Kier alpha value is -1.78. The molecule has 0 N–H and O–H groups in total. The minimum absolute atomic E-state index is 0.327. The van der Waals surface area contributed by atoms with E-state index in [2.05, 4.69) is 46.8 Å². The molecule has 1 aliphatic rings. The molecule has 1 saturated heterocycles. The second kappa shape index (κ2) is 6.85. The van der Waals surface area contributed by atoms with Crippen molar-refractivity contribution in [2.75, 3.05) is 0 Å². The molecule has 2 aromatic carbocycles. The minimum atomic E-state index is -0.341. The minimum Gasteiger partial charge on any atom is -0.457 e. The highest BCUT2D eigenvalue weighted by atomic mass is 16.7. The van der Waals surface area contributed by atoms with E-state index in [1.165, 1.54) is 5.56 Å². The topological polar surface area (TPSA) is 27.7 Å². The maximum Gasteiger partial charge on any atom is 0.494 e. The van der Waals surface area contributed by atoms with E-state index in [4.69, 9.17) is 14.0 Å². The number of ether oxygens (including phenoxy) is 1. The third-order valence-corrected chi connectivity index (χ3v) is 5.08. The predicted octanol–water partition coefficient (Wildman–Crippen LogP) is 4.73. The summed E-state index contributed by atoms with van der Waals surface area (Å²) in [7, 11) is -0.341. The quantitative estimate of drug-likeness (QED) is 0.738. The molecule has 132 valence electrons. The highest BCUT2D eigenvalue weighted by Gasteiger charge is 2.51. The number of rotatable bonds is 5. The molecule has 2 aromatic rings. The molecule has 0 unspecified atom stereocenters. The van der Waals surface area contributed by atoms with Gasteiger partial charge >= 0.3 is 7.12 Å². The van der Waals surface area contributed by atoms with Crippen LogP contribution >= 0.6 is 0 Å². The maximum atomic E-state index is 6.09. The van der Waals surface area contributed by atoms with Crippen molar-refractivity contribution in [3.8, 4) is 11.5 Å². The molecule has 25 heavy (non-hydrogen) atoms. The van der Waals surface area contributed by atoms with Crippen LogP contribution in [0.5, 0.6) is 11.5 Å². The lowest BCUT2D eigenvalue weighted by Gasteiger charge is -2.32. The summed E-state index contributed by atoms with van der Waals surface area (Å²) in [6, 6.07) is 16.2. The number of aryl methyl sites for hydroxylation is 1. The van der Waals surface area contributed by atoms with Gasteiger partial charge in [-0.15, -0.1) is 0 Å². The van der Waals surface area contributed by atoms with Crippen molar-refractivity contribution in [1.29, 1.82) is 0 Å². The highest BCUT2D eigenvalue weighted by molar-refractivity contribution is 6.62. The fraction of sp³-hybridized carbons (Fsp3) is 0.429. The van der Waals surface area contributed by atoms with Crippen LogP contribution in [-0.4, -0.2) is 18.3 Å². The van der Waals surface area contributed by atoms with Gasteiger partial charge in [-0.05, 0) is 69.4 Å². The standard InChI is InChI=1S/C21H27BO3/c1-6-8-16-9-7-10-19(15-16)23-18-13-11-17(12-14-18)22-24-20(2,3)21(4,5)25-22/h7,9-15H,6,8H2,1-5H3. The van der Waals surface area contributed by atoms with E-state index in [-0.39, 0.29) is 18.3 Å². The van der Waals surface area contributed by atoms with Crippen LogP contribution < -0.4 is 10.2 Å². The molecule has 1 aliphatic heterocycles. The van der Waals surface area contributed by atoms with Gasteiger partial charge in [0, 0.05) is 0 Å². The third kappa shape index (κ3) is 3.91. The summed E-state index contributed by atoms with van der Waals surface area (Å²) in [5.74, 6) is 1.68. The highest BCUT2D eigenvalue weighted by Crippen LogP contribution is 2.36. The first kappa shape index (κ1) is 18.0. The molecule has 0 saturated carbocycles. The average molecular weight is 338 g/mol. The van der Waals surface area contributed by atoms with E-state index in [0.29, 0.717) is 0 Å². The van der Waals surface area contributed by atoms with Gasteiger partial charge in [-0.2, -0.15) is 0 Å². The Morgan fingerprint density at radius 3 is 2.12 bits per heavy atom. The molecular formula is C21H27BO3. The second-order valence-corrected chi connectivity index (χ2v) is 7.66. The summed E-state index contributed by atoms with van der Waals surface area (Å²) < 4.78 is 18.2. The summed E-state index contributed by atoms with van der Waals surface area (Å²) in [5.41, 5.74) is 1.65. The van der Waals surface area contributed by atoms with Crippen molar-refractivity contribution < 1.29 is 14.0 Å². The normalized spacial score (nSPS) is 18.4. The van der Waals surface area contributed by atoms with Crippen molar-refractivity contribution in [1.82, 2.24) is 0 Å². The van der Waals surface area contributed by atoms with Gasteiger partial charge in [-0.25, -0.2) is 0 Å². The van der Waals surface area contributed by atoms with Crippen molar-refractivity contribution in [2.24, 2.45) is 0 Å². The molecule has 3 nitrogen and oxygen atoms in total. The molecule has 0 aliphatic carbocycles. The first-order chi connectivity index (χ1) is 11.8. The van der Waals surface area contributed by atoms with E-state index < -0.39 is 0 Å². The van der Waals surface area contributed by atoms with Crippen LogP contribution in [-0.2, 0) is 15.7 Å². The Balaban J connectivity index is 1.70. The van der Waals surface area contributed by atoms with Gasteiger partial charge in [-0.3, -0.25) is 0 Å². The van der Waals surface area contributed by atoms with Crippen LogP contribution in [0.3, 0.4) is 0 Å². The average Bonchev–Trinajstić information content (AvgIpc) is 2.77. The van der Waals surface area contributed by atoms with Crippen LogP contribution in [0.2, 0.25) is 0 Å². The Kier molecular flexibility index (Phi) is 4.94. The smallest absolute Gasteiger partial charge is 0.457 e. The third-order valence-electron chi connectivity index (χ3n) is 5.08.